The normalized spacial score (nSPS) is 11.2. The Hall–Kier alpha value is -1.50. The van der Waals surface area contributed by atoms with Crippen LogP contribution in [0.5, 0.6) is 5.75 Å². The number of rotatable bonds is 3. The molecule has 0 aromatic carbocycles. The molecule has 1 aromatic heterocycles. The molecule has 1 aromatic rings. The standard InChI is InChI=1S/C8H5ClF3NO3/c9-2-5-7(16-8(10,11)12)4(3-14)1-6(15)13-5/h1,3H,2H2,(H,13,15). The lowest BCUT2D eigenvalue weighted by Gasteiger charge is -2.13. The van der Waals surface area contributed by atoms with Crippen molar-refractivity contribution in [3.8, 4) is 5.75 Å². The Labute approximate surface area is 92.0 Å². The molecule has 0 fully saturated rings. The highest BCUT2D eigenvalue weighted by Gasteiger charge is 2.33. The topological polar surface area (TPSA) is 59.2 Å². The lowest BCUT2D eigenvalue weighted by Crippen LogP contribution is -2.21. The molecule has 16 heavy (non-hydrogen) atoms. The van der Waals surface area contributed by atoms with Gasteiger partial charge in [0.05, 0.1) is 17.1 Å². The van der Waals surface area contributed by atoms with Gasteiger partial charge in [0.15, 0.2) is 12.0 Å². The SMILES string of the molecule is O=Cc1cc(=O)[nH]c(CCl)c1OC(F)(F)F. The molecule has 0 aliphatic heterocycles. The molecule has 0 radical (unpaired) electrons. The van der Waals surface area contributed by atoms with Crippen molar-refractivity contribution in [1.29, 1.82) is 0 Å². The van der Waals surface area contributed by atoms with Crippen LogP contribution in [0.1, 0.15) is 16.1 Å². The number of aromatic amines is 1. The first-order valence-corrected chi connectivity index (χ1v) is 4.44. The first kappa shape index (κ1) is 12.6. The summed E-state index contributed by atoms with van der Waals surface area (Å²) >= 11 is 5.33. The van der Waals surface area contributed by atoms with Crippen molar-refractivity contribution in [2.75, 3.05) is 0 Å². The number of hydrogen-bond donors (Lipinski definition) is 1. The van der Waals surface area contributed by atoms with Gasteiger partial charge in [0.2, 0.25) is 5.56 Å². The van der Waals surface area contributed by atoms with Crippen LogP contribution in [0.3, 0.4) is 0 Å². The lowest BCUT2D eigenvalue weighted by atomic mass is 10.2. The fourth-order valence-electron chi connectivity index (χ4n) is 1.04. The maximum atomic E-state index is 12.0. The number of nitrogens with one attached hydrogen (secondary N) is 1. The highest BCUT2D eigenvalue weighted by Crippen LogP contribution is 2.28. The molecule has 0 unspecified atom stereocenters. The van der Waals surface area contributed by atoms with E-state index in [4.69, 9.17) is 11.6 Å². The second-order valence-electron chi connectivity index (χ2n) is 2.70. The molecular formula is C8H5ClF3NO3. The highest BCUT2D eigenvalue weighted by atomic mass is 35.5. The zero-order valence-electron chi connectivity index (χ0n) is 7.60. The van der Waals surface area contributed by atoms with E-state index in [0.717, 1.165) is 0 Å². The first-order valence-electron chi connectivity index (χ1n) is 3.90. The molecule has 1 rings (SSSR count). The molecule has 0 saturated carbocycles. The van der Waals surface area contributed by atoms with Crippen LogP contribution in [0.2, 0.25) is 0 Å². The molecule has 0 amide bonds. The van der Waals surface area contributed by atoms with Crippen LogP contribution in [0.15, 0.2) is 10.9 Å². The average molecular weight is 256 g/mol. The van der Waals surface area contributed by atoms with Crippen LogP contribution in [-0.2, 0) is 5.88 Å². The van der Waals surface area contributed by atoms with Gasteiger partial charge in [-0.15, -0.1) is 24.8 Å². The van der Waals surface area contributed by atoms with Crippen LogP contribution >= 0.6 is 11.6 Å². The van der Waals surface area contributed by atoms with Crippen LogP contribution in [0.4, 0.5) is 13.2 Å². The number of ether oxygens (including phenoxy) is 1. The average Bonchev–Trinajstić information content (AvgIpc) is 2.18. The number of H-pyrrole nitrogens is 1. The van der Waals surface area contributed by atoms with Gasteiger partial charge in [-0.25, -0.2) is 0 Å². The molecule has 1 heterocycles. The minimum absolute atomic E-state index is 0.0896. The molecule has 0 saturated heterocycles. The maximum absolute atomic E-state index is 12.0. The molecule has 0 bridgehead atoms. The van der Waals surface area contributed by atoms with Gasteiger partial charge in [0, 0.05) is 6.07 Å². The van der Waals surface area contributed by atoms with Gasteiger partial charge in [0.25, 0.3) is 0 Å². The van der Waals surface area contributed by atoms with Crippen LogP contribution in [0.25, 0.3) is 0 Å². The van der Waals surface area contributed by atoms with Crippen molar-refractivity contribution in [3.05, 3.63) is 27.7 Å². The van der Waals surface area contributed by atoms with E-state index >= 15 is 0 Å². The van der Waals surface area contributed by atoms with E-state index in [1.807, 2.05) is 0 Å². The summed E-state index contributed by atoms with van der Waals surface area (Å²) in [5.74, 6) is -1.19. The largest absolute Gasteiger partial charge is 0.573 e. The second kappa shape index (κ2) is 4.56. The van der Waals surface area contributed by atoms with Gasteiger partial charge in [-0.1, -0.05) is 0 Å². The monoisotopic (exact) mass is 255 g/mol. The number of halogens is 4. The molecule has 0 aliphatic carbocycles. The molecular weight excluding hydrogens is 251 g/mol. The molecule has 8 heteroatoms. The summed E-state index contributed by atoms with van der Waals surface area (Å²) in [4.78, 5) is 23.5. The second-order valence-corrected chi connectivity index (χ2v) is 2.96. The summed E-state index contributed by atoms with van der Waals surface area (Å²) < 4.78 is 39.6. The van der Waals surface area contributed by atoms with Crippen LogP contribution in [-0.4, -0.2) is 17.6 Å². The summed E-state index contributed by atoms with van der Waals surface area (Å²) in [6.45, 7) is 0. The molecule has 0 atom stereocenters. The number of hydrogen-bond acceptors (Lipinski definition) is 3. The van der Waals surface area contributed by atoms with E-state index in [-0.39, 0.29) is 12.0 Å². The molecule has 88 valence electrons. The third-order valence-electron chi connectivity index (χ3n) is 1.58. The molecule has 0 aliphatic rings. The Morgan fingerprint density at radius 2 is 2.12 bits per heavy atom. The van der Waals surface area contributed by atoms with E-state index in [1.54, 1.807) is 0 Å². The Morgan fingerprint density at radius 1 is 1.50 bits per heavy atom. The minimum atomic E-state index is -4.96. The van der Waals surface area contributed by atoms with Gasteiger partial charge in [-0.3, -0.25) is 9.59 Å². The van der Waals surface area contributed by atoms with Crippen molar-refractivity contribution in [3.63, 3.8) is 0 Å². The lowest BCUT2D eigenvalue weighted by molar-refractivity contribution is -0.275. The van der Waals surface area contributed by atoms with Gasteiger partial charge in [-0.05, 0) is 0 Å². The summed E-state index contributed by atoms with van der Waals surface area (Å²) in [7, 11) is 0. The smallest absolute Gasteiger partial charge is 0.403 e. The number of pyridine rings is 1. The third-order valence-corrected chi connectivity index (χ3v) is 1.84. The first-order chi connectivity index (χ1) is 7.37. The Morgan fingerprint density at radius 3 is 2.56 bits per heavy atom. The fourth-order valence-corrected chi connectivity index (χ4v) is 1.23. The summed E-state index contributed by atoms with van der Waals surface area (Å²) in [5.41, 5.74) is -1.53. The number of alkyl halides is 4. The predicted octanol–water partition coefficient (Wildman–Crippen LogP) is 1.82. The zero-order valence-corrected chi connectivity index (χ0v) is 8.35. The summed E-state index contributed by atoms with van der Waals surface area (Å²) in [5, 5.41) is 0. The quantitative estimate of drug-likeness (QED) is 0.662. The van der Waals surface area contributed by atoms with Gasteiger partial charge in [0.1, 0.15) is 0 Å². The number of carbonyl (C=O) groups excluding carboxylic acids is 1. The highest BCUT2D eigenvalue weighted by molar-refractivity contribution is 6.17. The van der Waals surface area contributed by atoms with Crippen molar-refractivity contribution < 1.29 is 22.7 Å². The van der Waals surface area contributed by atoms with E-state index < -0.39 is 29.1 Å². The van der Waals surface area contributed by atoms with Gasteiger partial charge >= 0.3 is 6.36 Å². The van der Waals surface area contributed by atoms with Crippen molar-refractivity contribution in [2.45, 2.75) is 12.2 Å². The summed E-state index contributed by atoms with van der Waals surface area (Å²) in [6, 6.07) is 0.699. The van der Waals surface area contributed by atoms with Crippen molar-refractivity contribution in [1.82, 2.24) is 4.98 Å². The van der Waals surface area contributed by atoms with Gasteiger partial charge in [-0.2, -0.15) is 0 Å². The third kappa shape index (κ3) is 2.99. The molecule has 1 N–H and O–H groups in total. The summed E-state index contributed by atoms with van der Waals surface area (Å²) in [6.07, 6.45) is -4.87. The predicted molar refractivity (Wildman–Crippen MR) is 48.7 cm³/mol. The van der Waals surface area contributed by atoms with E-state index in [2.05, 4.69) is 9.72 Å². The van der Waals surface area contributed by atoms with Crippen molar-refractivity contribution in [2.24, 2.45) is 0 Å². The maximum Gasteiger partial charge on any atom is 0.573 e. The van der Waals surface area contributed by atoms with Gasteiger partial charge < -0.3 is 9.72 Å². The Bertz CT molecular complexity index is 455. The van der Waals surface area contributed by atoms with E-state index in [9.17, 15) is 22.8 Å². The van der Waals surface area contributed by atoms with Crippen LogP contribution in [0, 0.1) is 0 Å². The minimum Gasteiger partial charge on any atom is -0.403 e. The van der Waals surface area contributed by atoms with E-state index in [0.29, 0.717) is 6.07 Å². The fraction of sp³-hybridized carbons (Fsp3) is 0.250. The molecule has 4 nitrogen and oxygen atoms in total. The van der Waals surface area contributed by atoms with E-state index in [1.165, 1.54) is 0 Å². The molecule has 0 spiro atoms. The number of aldehydes is 1. The van der Waals surface area contributed by atoms with Crippen molar-refractivity contribution >= 4 is 17.9 Å². The number of carbonyl (C=O) groups is 1. The van der Waals surface area contributed by atoms with Crippen LogP contribution < -0.4 is 10.3 Å². The number of aromatic nitrogens is 1. The Balaban J connectivity index is 3.33. The Kier molecular flexibility index (Phi) is 3.58. The zero-order chi connectivity index (χ0) is 12.3.